The summed E-state index contributed by atoms with van der Waals surface area (Å²) in [6.45, 7) is 7.47. The molecule has 0 atom stereocenters. The van der Waals surface area contributed by atoms with Crippen molar-refractivity contribution >= 4 is 33.5 Å². The van der Waals surface area contributed by atoms with Gasteiger partial charge in [0.1, 0.15) is 11.5 Å². The van der Waals surface area contributed by atoms with Gasteiger partial charge in [0.25, 0.3) is 0 Å². The summed E-state index contributed by atoms with van der Waals surface area (Å²) in [4.78, 5) is 12.0. The van der Waals surface area contributed by atoms with E-state index in [1.165, 1.54) is 0 Å². The lowest BCUT2D eigenvalue weighted by molar-refractivity contribution is -0.136. The van der Waals surface area contributed by atoms with E-state index < -0.39 is 5.97 Å². The van der Waals surface area contributed by atoms with Gasteiger partial charge in [0, 0.05) is 9.50 Å². The van der Waals surface area contributed by atoms with E-state index in [1.807, 2.05) is 39.8 Å². The standard InChI is InChI=1S/C18H18BrClO3/c1-10-7-15(8-11(2)17(10)20)23-16(21)9-22-18-12(3)5-14(19)6-13(18)4/h5-8H,9H2,1-4H3. The van der Waals surface area contributed by atoms with Crippen LogP contribution in [0, 0.1) is 27.7 Å². The van der Waals surface area contributed by atoms with Crippen molar-refractivity contribution < 1.29 is 14.3 Å². The summed E-state index contributed by atoms with van der Waals surface area (Å²) >= 11 is 9.54. The van der Waals surface area contributed by atoms with E-state index in [0.29, 0.717) is 16.5 Å². The van der Waals surface area contributed by atoms with E-state index in [2.05, 4.69) is 15.9 Å². The number of hydrogen-bond acceptors (Lipinski definition) is 3. The van der Waals surface area contributed by atoms with Crippen LogP contribution in [0.2, 0.25) is 5.02 Å². The number of rotatable bonds is 4. The van der Waals surface area contributed by atoms with Crippen molar-refractivity contribution in [2.24, 2.45) is 0 Å². The van der Waals surface area contributed by atoms with E-state index in [4.69, 9.17) is 21.1 Å². The number of ether oxygens (including phenoxy) is 2. The molecular weight excluding hydrogens is 380 g/mol. The van der Waals surface area contributed by atoms with E-state index >= 15 is 0 Å². The Hall–Kier alpha value is -1.52. The minimum absolute atomic E-state index is 0.149. The zero-order valence-electron chi connectivity index (χ0n) is 13.5. The van der Waals surface area contributed by atoms with Gasteiger partial charge in [-0.15, -0.1) is 0 Å². The van der Waals surface area contributed by atoms with Crippen molar-refractivity contribution in [2.75, 3.05) is 6.61 Å². The Labute approximate surface area is 149 Å². The van der Waals surface area contributed by atoms with Crippen LogP contribution in [0.4, 0.5) is 0 Å². The summed E-state index contributed by atoms with van der Waals surface area (Å²) in [7, 11) is 0. The first kappa shape index (κ1) is 17.8. The fourth-order valence-corrected chi connectivity index (χ4v) is 3.18. The summed E-state index contributed by atoms with van der Waals surface area (Å²) in [5.41, 5.74) is 3.66. The maximum atomic E-state index is 12.0. The number of hydrogen-bond donors (Lipinski definition) is 0. The van der Waals surface area contributed by atoms with Gasteiger partial charge in [-0.05, 0) is 74.2 Å². The van der Waals surface area contributed by atoms with Crippen molar-refractivity contribution in [2.45, 2.75) is 27.7 Å². The third-order valence-corrected chi connectivity index (χ3v) is 4.46. The maximum absolute atomic E-state index is 12.0. The first-order valence-electron chi connectivity index (χ1n) is 7.15. The highest BCUT2D eigenvalue weighted by Crippen LogP contribution is 2.28. The van der Waals surface area contributed by atoms with Gasteiger partial charge >= 0.3 is 5.97 Å². The van der Waals surface area contributed by atoms with Crippen LogP contribution in [-0.4, -0.2) is 12.6 Å². The third-order valence-electron chi connectivity index (χ3n) is 3.40. The Morgan fingerprint density at radius 1 is 1.00 bits per heavy atom. The summed E-state index contributed by atoms with van der Waals surface area (Å²) in [6, 6.07) is 7.37. The summed E-state index contributed by atoms with van der Waals surface area (Å²) in [5.74, 6) is 0.726. The van der Waals surface area contributed by atoms with Crippen LogP contribution in [0.3, 0.4) is 0 Å². The summed E-state index contributed by atoms with van der Waals surface area (Å²) in [6.07, 6.45) is 0. The number of benzene rings is 2. The Morgan fingerprint density at radius 2 is 1.52 bits per heavy atom. The number of aryl methyl sites for hydroxylation is 4. The molecule has 0 radical (unpaired) electrons. The Morgan fingerprint density at radius 3 is 2.04 bits per heavy atom. The van der Waals surface area contributed by atoms with Gasteiger partial charge in [-0.25, -0.2) is 4.79 Å². The molecule has 0 aliphatic rings. The third kappa shape index (κ3) is 4.49. The smallest absolute Gasteiger partial charge is 0.349 e. The highest BCUT2D eigenvalue weighted by Gasteiger charge is 2.12. The lowest BCUT2D eigenvalue weighted by Gasteiger charge is -2.13. The van der Waals surface area contributed by atoms with Gasteiger partial charge in [-0.1, -0.05) is 27.5 Å². The number of esters is 1. The van der Waals surface area contributed by atoms with Crippen molar-refractivity contribution in [3.8, 4) is 11.5 Å². The molecule has 0 heterocycles. The van der Waals surface area contributed by atoms with Crippen molar-refractivity contribution in [1.29, 1.82) is 0 Å². The van der Waals surface area contributed by atoms with Crippen LogP contribution >= 0.6 is 27.5 Å². The van der Waals surface area contributed by atoms with Crippen LogP contribution in [0.1, 0.15) is 22.3 Å². The second kappa shape index (κ2) is 7.37. The summed E-state index contributed by atoms with van der Waals surface area (Å²) in [5, 5.41) is 0.683. The lowest BCUT2D eigenvalue weighted by Crippen LogP contribution is -2.18. The monoisotopic (exact) mass is 396 g/mol. The normalized spacial score (nSPS) is 10.5. The second-order valence-electron chi connectivity index (χ2n) is 5.50. The van der Waals surface area contributed by atoms with Crippen molar-refractivity contribution in [1.82, 2.24) is 0 Å². The lowest BCUT2D eigenvalue weighted by atomic mass is 10.1. The topological polar surface area (TPSA) is 35.5 Å². The first-order chi connectivity index (χ1) is 10.8. The average Bonchev–Trinajstić information content (AvgIpc) is 2.43. The molecule has 0 spiro atoms. The van der Waals surface area contributed by atoms with Crippen molar-refractivity contribution in [3.63, 3.8) is 0 Å². The molecule has 2 aromatic rings. The fraction of sp³-hybridized carbons (Fsp3) is 0.278. The van der Waals surface area contributed by atoms with Gasteiger partial charge < -0.3 is 9.47 Å². The predicted octanol–water partition coefficient (Wildman–Crippen LogP) is 5.32. The molecule has 0 bridgehead atoms. The molecule has 0 aliphatic carbocycles. The maximum Gasteiger partial charge on any atom is 0.349 e. The molecule has 2 aromatic carbocycles. The number of halogens is 2. The largest absolute Gasteiger partial charge is 0.481 e. The van der Waals surface area contributed by atoms with Gasteiger partial charge in [-0.3, -0.25) is 0 Å². The fourth-order valence-electron chi connectivity index (χ4n) is 2.38. The molecular formula is C18H18BrClO3. The first-order valence-corrected chi connectivity index (χ1v) is 8.32. The minimum Gasteiger partial charge on any atom is -0.481 e. The minimum atomic E-state index is -0.451. The molecule has 3 nitrogen and oxygen atoms in total. The Kier molecular flexibility index (Phi) is 5.71. The van der Waals surface area contributed by atoms with Gasteiger partial charge in [0.2, 0.25) is 0 Å². The number of carbonyl (C=O) groups excluding carboxylic acids is 1. The van der Waals surface area contributed by atoms with Crippen LogP contribution in [-0.2, 0) is 4.79 Å². The highest BCUT2D eigenvalue weighted by molar-refractivity contribution is 9.10. The van der Waals surface area contributed by atoms with Crippen LogP contribution in [0.25, 0.3) is 0 Å². The molecule has 0 amide bonds. The second-order valence-corrected chi connectivity index (χ2v) is 6.80. The van der Waals surface area contributed by atoms with E-state index in [9.17, 15) is 4.79 Å². The van der Waals surface area contributed by atoms with Gasteiger partial charge in [0.15, 0.2) is 6.61 Å². The predicted molar refractivity (Wildman–Crippen MR) is 95.7 cm³/mol. The Balaban J connectivity index is 2.04. The van der Waals surface area contributed by atoms with E-state index in [-0.39, 0.29) is 6.61 Å². The Bertz CT molecular complexity index is 710. The highest BCUT2D eigenvalue weighted by atomic mass is 79.9. The van der Waals surface area contributed by atoms with Gasteiger partial charge in [0.05, 0.1) is 0 Å². The van der Waals surface area contributed by atoms with E-state index in [1.54, 1.807) is 12.1 Å². The van der Waals surface area contributed by atoms with Crippen LogP contribution < -0.4 is 9.47 Å². The molecule has 0 saturated heterocycles. The molecule has 5 heteroatoms. The quantitative estimate of drug-likeness (QED) is 0.517. The van der Waals surface area contributed by atoms with Crippen molar-refractivity contribution in [3.05, 3.63) is 56.0 Å². The molecule has 0 saturated carbocycles. The number of carbonyl (C=O) groups is 1. The average molecular weight is 398 g/mol. The summed E-state index contributed by atoms with van der Waals surface area (Å²) < 4.78 is 11.9. The van der Waals surface area contributed by atoms with Crippen LogP contribution in [0.5, 0.6) is 11.5 Å². The SMILES string of the molecule is Cc1cc(OC(=O)COc2c(C)cc(Br)cc2C)cc(C)c1Cl. The zero-order chi connectivity index (χ0) is 17.1. The molecule has 0 unspecified atom stereocenters. The van der Waals surface area contributed by atoms with Gasteiger partial charge in [-0.2, -0.15) is 0 Å². The molecule has 0 fully saturated rings. The molecule has 23 heavy (non-hydrogen) atoms. The zero-order valence-corrected chi connectivity index (χ0v) is 15.8. The molecule has 0 aromatic heterocycles. The van der Waals surface area contributed by atoms with E-state index in [0.717, 1.165) is 26.7 Å². The molecule has 2 rings (SSSR count). The van der Waals surface area contributed by atoms with Crippen LogP contribution in [0.15, 0.2) is 28.7 Å². The molecule has 0 N–H and O–H groups in total. The molecule has 0 aliphatic heterocycles. The molecule has 122 valence electrons.